The largest absolute Gasteiger partial charge is 0.497 e. The number of rotatable bonds is 6. The fourth-order valence-electron chi connectivity index (χ4n) is 1.57. The Hall–Kier alpha value is -1.26. The van der Waals surface area contributed by atoms with Gasteiger partial charge in [0.25, 0.3) is 0 Å². The van der Waals surface area contributed by atoms with Crippen LogP contribution in [0, 0.1) is 5.92 Å². The molecule has 4 heteroatoms. The van der Waals surface area contributed by atoms with E-state index in [-0.39, 0.29) is 12.5 Å². The first-order chi connectivity index (χ1) is 7.74. The van der Waals surface area contributed by atoms with Crippen LogP contribution in [0.4, 0.5) is 0 Å². The maximum Gasteiger partial charge on any atom is 0.122 e. The van der Waals surface area contributed by atoms with Crippen LogP contribution < -0.4 is 15.2 Å². The van der Waals surface area contributed by atoms with Crippen molar-refractivity contribution in [1.29, 1.82) is 0 Å². The summed E-state index contributed by atoms with van der Waals surface area (Å²) in [4.78, 5) is 0. The molecule has 4 nitrogen and oxygen atoms in total. The van der Waals surface area contributed by atoms with Crippen molar-refractivity contribution >= 4 is 0 Å². The first-order valence-electron chi connectivity index (χ1n) is 5.27. The van der Waals surface area contributed by atoms with Gasteiger partial charge in [-0.2, -0.15) is 0 Å². The van der Waals surface area contributed by atoms with E-state index in [1.807, 2.05) is 18.2 Å². The monoisotopic (exact) mass is 225 g/mol. The van der Waals surface area contributed by atoms with E-state index < -0.39 is 0 Å². The molecular formula is C12H19NO3. The van der Waals surface area contributed by atoms with E-state index in [0.29, 0.717) is 13.0 Å². The normalized spacial score (nSPS) is 12.2. The molecule has 0 saturated carbocycles. The maximum atomic E-state index is 9.13. The Labute approximate surface area is 96.0 Å². The van der Waals surface area contributed by atoms with Crippen molar-refractivity contribution in [3.63, 3.8) is 0 Å². The molecule has 1 aromatic rings. The van der Waals surface area contributed by atoms with Crippen molar-refractivity contribution in [3.8, 4) is 11.5 Å². The molecule has 0 spiro atoms. The van der Waals surface area contributed by atoms with Gasteiger partial charge in [0.05, 0.1) is 14.2 Å². The Kier molecular flexibility index (Phi) is 5.08. The minimum atomic E-state index is 0.0565. The second-order valence-corrected chi connectivity index (χ2v) is 3.67. The summed E-state index contributed by atoms with van der Waals surface area (Å²) in [5.74, 6) is 1.64. The van der Waals surface area contributed by atoms with Gasteiger partial charge in [-0.3, -0.25) is 0 Å². The lowest BCUT2D eigenvalue weighted by atomic mass is 9.99. The highest BCUT2D eigenvalue weighted by Gasteiger charge is 2.11. The van der Waals surface area contributed by atoms with Crippen LogP contribution >= 0.6 is 0 Å². The maximum absolute atomic E-state index is 9.13. The summed E-state index contributed by atoms with van der Waals surface area (Å²) in [6.45, 7) is 0.535. The summed E-state index contributed by atoms with van der Waals surface area (Å²) >= 11 is 0. The summed E-state index contributed by atoms with van der Waals surface area (Å²) in [6.07, 6.45) is 0.688. The average Bonchev–Trinajstić information content (AvgIpc) is 2.35. The highest BCUT2D eigenvalue weighted by molar-refractivity contribution is 5.40. The molecule has 0 amide bonds. The molecule has 0 aliphatic carbocycles. The van der Waals surface area contributed by atoms with Crippen molar-refractivity contribution in [1.82, 2.24) is 0 Å². The van der Waals surface area contributed by atoms with Gasteiger partial charge in [-0.15, -0.1) is 0 Å². The number of benzene rings is 1. The molecule has 1 aromatic carbocycles. The zero-order chi connectivity index (χ0) is 12.0. The van der Waals surface area contributed by atoms with E-state index in [1.54, 1.807) is 14.2 Å². The second-order valence-electron chi connectivity index (χ2n) is 3.67. The van der Waals surface area contributed by atoms with Crippen LogP contribution in [0.3, 0.4) is 0 Å². The summed E-state index contributed by atoms with van der Waals surface area (Å²) in [7, 11) is 3.25. The van der Waals surface area contributed by atoms with E-state index in [9.17, 15) is 0 Å². The number of nitrogens with two attached hydrogens (primary N) is 1. The van der Waals surface area contributed by atoms with Gasteiger partial charge in [0.1, 0.15) is 11.5 Å². The average molecular weight is 225 g/mol. The second kappa shape index (κ2) is 6.35. The molecule has 0 fully saturated rings. The molecule has 1 unspecified atom stereocenters. The van der Waals surface area contributed by atoms with Gasteiger partial charge in [0, 0.05) is 6.61 Å². The molecule has 0 heterocycles. The van der Waals surface area contributed by atoms with E-state index in [1.165, 1.54) is 0 Å². The standard InChI is InChI=1S/C12H19NO3/c1-15-11-3-4-12(16-2)10(6-11)5-9(7-13)8-14/h3-4,6,9,14H,5,7-8,13H2,1-2H3. The minimum Gasteiger partial charge on any atom is -0.497 e. The first kappa shape index (κ1) is 12.8. The number of hydrogen-bond donors (Lipinski definition) is 2. The van der Waals surface area contributed by atoms with Crippen LogP contribution in [-0.2, 0) is 6.42 Å². The smallest absolute Gasteiger partial charge is 0.122 e. The van der Waals surface area contributed by atoms with Crippen molar-refractivity contribution in [2.45, 2.75) is 6.42 Å². The quantitative estimate of drug-likeness (QED) is 0.752. The Morgan fingerprint density at radius 3 is 2.56 bits per heavy atom. The van der Waals surface area contributed by atoms with E-state index in [4.69, 9.17) is 20.3 Å². The van der Waals surface area contributed by atoms with Crippen LogP contribution in [0.15, 0.2) is 18.2 Å². The predicted octanol–water partition coefficient (Wildman–Crippen LogP) is 0.813. The van der Waals surface area contributed by atoms with Crippen molar-refractivity contribution in [3.05, 3.63) is 23.8 Å². The number of aliphatic hydroxyl groups is 1. The Bertz CT molecular complexity index is 324. The molecule has 0 aliphatic heterocycles. The van der Waals surface area contributed by atoms with Crippen molar-refractivity contribution in [2.75, 3.05) is 27.4 Å². The van der Waals surface area contributed by atoms with Gasteiger partial charge in [0.15, 0.2) is 0 Å². The van der Waals surface area contributed by atoms with Gasteiger partial charge >= 0.3 is 0 Å². The van der Waals surface area contributed by atoms with Gasteiger partial charge in [-0.25, -0.2) is 0 Å². The van der Waals surface area contributed by atoms with Gasteiger partial charge in [-0.05, 0) is 42.6 Å². The Morgan fingerprint density at radius 1 is 1.31 bits per heavy atom. The third-order valence-electron chi connectivity index (χ3n) is 2.59. The number of aliphatic hydroxyl groups excluding tert-OH is 1. The van der Waals surface area contributed by atoms with E-state index >= 15 is 0 Å². The summed E-state index contributed by atoms with van der Waals surface area (Å²) in [5, 5.41) is 9.13. The number of methoxy groups -OCH3 is 2. The Morgan fingerprint density at radius 2 is 2.06 bits per heavy atom. The van der Waals surface area contributed by atoms with Gasteiger partial charge < -0.3 is 20.3 Å². The van der Waals surface area contributed by atoms with Crippen LogP contribution in [0.5, 0.6) is 11.5 Å². The molecule has 1 atom stereocenters. The van der Waals surface area contributed by atoms with E-state index in [2.05, 4.69) is 0 Å². The zero-order valence-electron chi connectivity index (χ0n) is 9.77. The molecule has 90 valence electrons. The molecule has 0 aromatic heterocycles. The lowest BCUT2D eigenvalue weighted by Crippen LogP contribution is -2.20. The summed E-state index contributed by atoms with van der Waals surface area (Å²) in [5.41, 5.74) is 6.57. The molecule has 0 radical (unpaired) electrons. The fourth-order valence-corrected chi connectivity index (χ4v) is 1.57. The molecular weight excluding hydrogens is 206 g/mol. The highest BCUT2D eigenvalue weighted by atomic mass is 16.5. The number of ether oxygens (including phenoxy) is 2. The highest BCUT2D eigenvalue weighted by Crippen LogP contribution is 2.26. The molecule has 0 aliphatic rings. The zero-order valence-corrected chi connectivity index (χ0v) is 9.77. The summed E-state index contributed by atoms with van der Waals surface area (Å²) < 4.78 is 10.4. The van der Waals surface area contributed by atoms with Crippen LogP contribution in [0.25, 0.3) is 0 Å². The van der Waals surface area contributed by atoms with Crippen LogP contribution in [0.2, 0.25) is 0 Å². The van der Waals surface area contributed by atoms with Crippen molar-refractivity contribution < 1.29 is 14.6 Å². The minimum absolute atomic E-state index is 0.0565. The topological polar surface area (TPSA) is 64.7 Å². The van der Waals surface area contributed by atoms with Crippen LogP contribution in [-0.4, -0.2) is 32.5 Å². The van der Waals surface area contributed by atoms with Crippen molar-refractivity contribution in [2.24, 2.45) is 11.7 Å². The lowest BCUT2D eigenvalue weighted by Gasteiger charge is -2.15. The van der Waals surface area contributed by atoms with Gasteiger partial charge in [-0.1, -0.05) is 0 Å². The lowest BCUT2D eigenvalue weighted by molar-refractivity contribution is 0.228. The summed E-state index contributed by atoms with van der Waals surface area (Å²) in [6, 6.07) is 5.62. The molecule has 16 heavy (non-hydrogen) atoms. The SMILES string of the molecule is COc1ccc(OC)c(CC(CN)CO)c1. The first-order valence-corrected chi connectivity index (χ1v) is 5.27. The van der Waals surface area contributed by atoms with Crippen LogP contribution in [0.1, 0.15) is 5.56 Å². The predicted molar refractivity (Wildman–Crippen MR) is 62.9 cm³/mol. The molecule has 1 rings (SSSR count). The van der Waals surface area contributed by atoms with E-state index in [0.717, 1.165) is 17.1 Å². The Balaban J connectivity index is 2.90. The third-order valence-corrected chi connectivity index (χ3v) is 2.59. The van der Waals surface area contributed by atoms with Gasteiger partial charge in [0.2, 0.25) is 0 Å². The fraction of sp³-hybridized carbons (Fsp3) is 0.500. The third kappa shape index (κ3) is 3.12. The molecule has 3 N–H and O–H groups in total. The molecule has 0 bridgehead atoms. The number of hydrogen-bond acceptors (Lipinski definition) is 4. The molecule has 0 saturated heterocycles.